The van der Waals surface area contributed by atoms with Gasteiger partial charge in [0.25, 0.3) is 17.3 Å². The maximum atomic E-state index is 11.2. The van der Waals surface area contributed by atoms with E-state index in [9.17, 15) is 29.8 Å². The molecule has 0 spiro atoms. The van der Waals surface area contributed by atoms with Gasteiger partial charge in [-0.2, -0.15) is 0 Å². The van der Waals surface area contributed by atoms with E-state index in [-0.39, 0.29) is 22.8 Å². The molecule has 2 rings (SSSR count). The lowest BCUT2D eigenvalue weighted by Gasteiger charge is -2.01. The number of nitro benzene ring substituents is 2. The van der Waals surface area contributed by atoms with Crippen LogP contribution in [0.5, 0.6) is 0 Å². The monoisotopic (exact) mass is 406 g/mol. The topological polar surface area (TPSA) is 179 Å². The number of carboxylic acids is 1. The number of carboxylic acid groups (broad SMARTS) is 1. The van der Waals surface area contributed by atoms with Gasteiger partial charge in [-0.3, -0.25) is 25.0 Å². The first-order valence-electron chi connectivity index (χ1n) is 8.11. The standard InChI is InChI=1S/C9H10N2O3.C8H7NO4.CH5N/c1-6-3-4-7(9(12)10-2)5-8(6)11(13)14;1-5-2-3-6(8(10)11)4-7(5)9(12)13;1-2/h3-5H,1-2H3,(H,10,12);2-4H,1H3,(H,10,11);2H2,1H3. The predicted molar refractivity (Wildman–Crippen MR) is 106 cm³/mol. The fraction of sp³-hybridized carbons (Fsp3) is 0.222. The summed E-state index contributed by atoms with van der Waals surface area (Å²) in [6.07, 6.45) is 0. The van der Waals surface area contributed by atoms with Crippen LogP contribution < -0.4 is 11.1 Å². The Labute approximate surface area is 166 Å². The lowest BCUT2D eigenvalue weighted by atomic mass is 10.1. The molecule has 0 unspecified atom stereocenters. The molecule has 2 aromatic carbocycles. The number of hydrogen-bond acceptors (Lipinski definition) is 7. The maximum Gasteiger partial charge on any atom is 0.335 e. The van der Waals surface area contributed by atoms with Crippen LogP contribution in [0.4, 0.5) is 11.4 Å². The molecule has 11 heteroatoms. The Morgan fingerprint density at radius 1 is 0.897 bits per heavy atom. The summed E-state index contributed by atoms with van der Waals surface area (Å²) in [5, 5.41) is 31.9. The number of rotatable bonds is 4. The van der Waals surface area contributed by atoms with Crippen molar-refractivity contribution in [2.24, 2.45) is 5.73 Å². The van der Waals surface area contributed by atoms with Crippen molar-refractivity contribution in [2.45, 2.75) is 13.8 Å². The van der Waals surface area contributed by atoms with Crippen LogP contribution in [0, 0.1) is 34.1 Å². The van der Waals surface area contributed by atoms with Crippen molar-refractivity contribution in [2.75, 3.05) is 14.1 Å². The Morgan fingerprint density at radius 2 is 1.28 bits per heavy atom. The van der Waals surface area contributed by atoms with Crippen molar-refractivity contribution < 1.29 is 24.5 Å². The highest BCUT2D eigenvalue weighted by molar-refractivity contribution is 5.94. The lowest BCUT2D eigenvalue weighted by molar-refractivity contribution is -0.385. The summed E-state index contributed by atoms with van der Waals surface area (Å²) in [7, 11) is 2.98. The SMILES string of the molecule is CN.CNC(=O)c1ccc(C)c([N+](=O)[O-])c1.Cc1ccc(C(=O)O)cc1[N+](=O)[O-]. The zero-order valence-electron chi connectivity index (χ0n) is 16.3. The molecule has 156 valence electrons. The van der Waals surface area contributed by atoms with E-state index < -0.39 is 15.8 Å². The first-order chi connectivity index (χ1) is 13.6. The number of nitrogens with zero attached hydrogens (tertiary/aromatic N) is 2. The van der Waals surface area contributed by atoms with Gasteiger partial charge in [0.15, 0.2) is 0 Å². The second-order valence-corrected chi connectivity index (χ2v) is 5.40. The average Bonchev–Trinajstić information content (AvgIpc) is 2.69. The average molecular weight is 406 g/mol. The molecule has 0 heterocycles. The Bertz CT molecular complexity index is 913. The molecule has 0 fully saturated rings. The molecule has 0 aliphatic carbocycles. The Kier molecular flexibility index (Phi) is 10.2. The zero-order valence-corrected chi connectivity index (χ0v) is 16.3. The zero-order chi connectivity index (χ0) is 22.7. The van der Waals surface area contributed by atoms with Crippen LogP contribution in [0.2, 0.25) is 0 Å². The lowest BCUT2D eigenvalue weighted by Crippen LogP contribution is -2.17. The maximum absolute atomic E-state index is 11.2. The summed E-state index contributed by atoms with van der Waals surface area (Å²) in [6, 6.07) is 8.20. The number of hydrogen-bond donors (Lipinski definition) is 3. The number of amides is 1. The van der Waals surface area contributed by atoms with Crippen molar-refractivity contribution in [1.82, 2.24) is 5.32 Å². The van der Waals surface area contributed by atoms with Gasteiger partial charge in [-0.1, -0.05) is 12.1 Å². The van der Waals surface area contributed by atoms with E-state index in [1.54, 1.807) is 26.0 Å². The van der Waals surface area contributed by atoms with E-state index >= 15 is 0 Å². The van der Waals surface area contributed by atoms with Gasteiger partial charge in [0.2, 0.25) is 0 Å². The normalized spacial score (nSPS) is 9.14. The summed E-state index contributed by atoms with van der Waals surface area (Å²) >= 11 is 0. The number of nitrogens with two attached hydrogens (primary N) is 1. The van der Waals surface area contributed by atoms with Crippen LogP contribution in [0.25, 0.3) is 0 Å². The van der Waals surface area contributed by atoms with E-state index in [0.29, 0.717) is 16.7 Å². The molecule has 0 atom stereocenters. The summed E-state index contributed by atoms with van der Waals surface area (Å²) < 4.78 is 0. The summed E-state index contributed by atoms with van der Waals surface area (Å²) in [5.74, 6) is -1.49. The first kappa shape index (κ1) is 25.1. The van der Waals surface area contributed by atoms with Gasteiger partial charge < -0.3 is 16.2 Å². The van der Waals surface area contributed by atoms with E-state index in [0.717, 1.165) is 6.07 Å². The quantitative estimate of drug-likeness (QED) is 0.511. The van der Waals surface area contributed by atoms with Crippen molar-refractivity contribution in [3.63, 3.8) is 0 Å². The predicted octanol–water partition coefficient (Wildman–Crippen LogP) is 2.44. The van der Waals surface area contributed by atoms with Gasteiger partial charge in [-0.25, -0.2) is 4.79 Å². The van der Waals surface area contributed by atoms with Crippen molar-refractivity contribution in [1.29, 1.82) is 0 Å². The fourth-order valence-corrected chi connectivity index (χ4v) is 2.03. The molecule has 0 saturated carbocycles. The van der Waals surface area contributed by atoms with E-state index in [1.165, 1.54) is 32.3 Å². The number of carbonyl (C=O) groups is 2. The third kappa shape index (κ3) is 7.34. The van der Waals surface area contributed by atoms with Gasteiger partial charge in [0, 0.05) is 35.9 Å². The van der Waals surface area contributed by atoms with Gasteiger partial charge >= 0.3 is 5.97 Å². The van der Waals surface area contributed by atoms with Crippen LogP contribution in [-0.2, 0) is 0 Å². The highest BCUT2D eigenvalue weighted by Gasteiger charge is 2.14. The van der Waals surface area contributed by atoms with Crippen LogP contribution in [-0.4, -0.2) is 40.9 Å². The summed E-state index contributed by atoms with van der Waals surface area (Å²) in [6.45, 7) is 3.19. The molecular weight excluding hydrogens is 384 g/mol. The van der Waals surface area contributed by atoms with E-state index in [1.807, 2.05) is 0 Å². The molecular formula is C18H22N4O7. The van der Waals surface area contributed by atoms with Crippen molar-refractivity contribution in [3.8, 4) is 0 Å². The number of nitrogens with one attached hydrogen (secondary N) is 1. The molecule has 1 amide bonds. The molecule has 0 aliphatic rings. The van der Waals surface area contributed by atoms with Crippen LogP contribution >= 0.6 is 0 Å². The largest absolute Gasteiger partial charge is 0.478 e. The minimum atomic E-state index is -1.16. The van der Waals surface area contributed by atoms with Gasteiger partial charge in [0.05, 0.1) is 15.4 Å². The van der Waals surface area contributed by atoms with Gasteiger partial charge in [-0.05, 0) is 33.0 Å². The molecule has 0 saturated heterocycles. The smallest absolute Gasteiger partial charge is 0.335 e. The highest BCUT2D eigenvalue weighted by atomic mass is 16.6. The Morgan fingerprint density at radius 3 is 1.62 bits per heavy atom. The Hall–Kier alpha value is -3.86. The number of nitro groups is 2. The van der Waals surface area contributed by atoms with Crippen LogP contribution in [0.15, 0.2) is 36.4 Å². The minimum absolute atomic E-state index is 0.0360. The number of aromatic carboxylic acids is 1. The highest BCUT2D eigenvalue weighted by Crippen LogP contribution is 2.19. The number of benzene rings is 2. The molecule has 2 aromatic rings. The molecule has 11 nitrogen and oxygen atoms in total. The number of carbonyl (C=O) groups excluding carboxylic acids is 1. The van der Waals surface area contributed by atoms with Crippen LogP contribution in [0.3, 0.4) is 0 Å². The van der Waals surface area contributed by atoms with Crippen molar-refractivity contribution in [3.05, 3.63) is 78.9 Å². The number of aryl methyl sites for hydroxylation is 2. The van der Waals surface area contributed by atoms with E-state index in [2.05, 4.69) is 11.1 Å². The Balaban J connectivity index is 0.000000499. The van der Waals surface area contributed by atoms with E-state index in [4.69, 9.17) is 5.11 Å². The summed E-state index contributed by atoms with van der Waals surface area (Å²) in [4.78, 5) is 41.5. The molecule has 0 bridgehead atoms. The minimum Gasteiger partial charge on any atom is -0.478 e. The molecule has 0 aromatic heterocycles. The van der Waals surface area contributed by atoms with Gasteiger partial charge in [0.1, 0.15) is 0 Å². The second kappa shape index (κ2) is 11.8. The third-order valence-electron chi connectivity index (χ3n) is 3.55. The molecule has 0 radical (unpaired) electrons. The summed E-state index contributed by atoms with van der Waals surface area (Å²) in [5.41, 5.74) is 5.52. The van der Waals surface area contributed by atoms with Crippen LogP contribution in [0.1, 0.15) is 31.8 Å². The third-order valence-corrected chi connectivity index (χ3v) is 3.55. The van der Waals surface area contributed by atoms with Gasteiger partial charge in [-0.15, -0.1) is 0 Å². The molecule has 0 aliphatic heterocycles. The van der Waals surface area contributed by atoms with Crippen molar-refractivity contribution >= 4 is 23.3 Å². The molecule has 4 N–H and O–H groups in total. The first-order valence-corrected chi connectivity index (χ1v) is 8.11. The fourth-order valence-electron chi connectivity index (χ4n) is 2.03. The second-order valence-electron chi connectivity index (χ2n) is 5.40. The molecule has 29 heavy (non-hydrogen) atoms.